The molecule has 1 atom stereocenters. The van der Waals surface area contributed by atoms with E-state index in [1.165, 1.54) is 23.5 Å². The Hall–Kier alpha value is -3.45. The van der Waals surface area contributed by atoms with E-state index in [4.69, 9.17) is 5.11 Å². The van der Waals surface area contributed by atoms with Crippen LogP contribution in [0.15, 0.2) is 72.1 Å². The van der Waals surface area contributed by atoms with Crippen molar-refractivity contribution in [2.24, 2.45) is 0 Å². The molecule has 6 nitrogen and oxygen atoms in total. The van der Waals surface area contributed by atoms with Gasteiger partial charge in [-0.1, -0.05) is 42.5 Å². The van der Waals surface area contributed by atoms with Crippen molar-refractivity contribution in [2.75, 3.05) is 5.32 Å². The minimum absolute atomic E-state index is 0.0792. The number of carbonyl (C=O) groups is 3. The second-order valence-corrected chi connectivity index (χ2v) is 6.59. The van der Waals surface area contributed by atoms with Crippen LogP contribution < -0.4 is 10.6 Å². The summed E-state index contributed by atoms with van der Waals surface area (Å²) in [5.41, 5.74) is 0.919. The highest BCUT2D eigenvalue weighted by Crippen LogP contribution is 2.15. The summed E-state index contributed by atoms with van der Waals surface area (Å²) < 4.78 is 0. The normalized spacial score (nSPS) is 11.4. The lowest BCUT2D eigenvalue weighted by Crippen LogP contribution is -2.46. The van der Waals surface area contributed by atoms with Crippen molar-refractivity contribution >= 4 is 34.7 Å². The fraction of sp³-hybridized carbons (Fsp3) is 0.0500. The molecular weight excluding hydrogens is 364 g/mol. The number of anilines is 1. The quantitative estimate of drug-likeness (QED) is 0.431. The number of Topliss-reactive ketones (excluding diaryl/α,β-unsaturated/α-hetero) is 1. The van der Waals surface area contributed by atoms with Gasteiger partial charge in [-0.15, -0.1) is 11.3 Å². The van der Waals surface area contributed by atoms with Crippen molar-refractivity contribution in [3.63, 3.8) is 0 Å². The number of carbonyl (C=O) groups excluding carboxylic acids is 2. The molecule has 3 aromatic rings. The molecule has 0 saturated heterocycles. The van der Waals surface area contributed by atoms with E-state index >= 15 is 0 Å². The number of carboxylic acid groups (broad SMARTS) is 1. The Morgan fingerprint density at radius 1 is 0.889 bits per heavy atom. The van der Waals surface area contributed by atoms with Crippen molar-refractivity contribution < 1.29 is 19.5 Å². The molecule has 1 aromatic heterocycles. The third-order valence-corrected chi connectivity index (χ3v) is 4.63. The van der Waals surface area contributed by atoms with Gasteiger partial charge in [0.1, 0.15) is 0 Å². The van der Waals surface area contributed by atoms with E-state index in [1.54, 1.807) is 60.0 Å². The molecule has 1 amide bonds. The third kappa shape index (κ3) is 4.59. The molecule has 0 aliphatic carbocycles. The van der Waals surface area contributed by atoms with Gasteiger partial charge in [0.2, 0.25) is 5.78 Å². The summed E-state index contributed by atoms with van der Waals surface area (Å²) in [5.74, 6) is -1.80. The zero-order chi connectivity index (χ0) is 19.2. The summed E-state index contributed by atoms with van der Waals surface area (Å²) in [7, 11) is 0. The number of nitrogens with one attached hydrogen (secondary N) is 2. The molecule has 1 heterocycles. The molecule has 0 spiro atoms. The first-order valence-corrected chi connectivity index (χ1v) is 8.96. The molecule has 0 aliphatic rings. The van der Waals surface area contributed by atoms with Gasteiger partial charge in [-0.3, -0.25) is 9.59 Å². The van der Waals surface area contributed by atoms with Gasteiger partial charge in [0.15, 0.2) is 6.17 Å². The van der Waals surface area contributed by atoms with Gasteiger partial charge < -0.3 is 15.7 Å². The number of amides is 1. The number of hydrogen-bond acceptors (Lipinski definition) is 5. The van der Waals surface area contributed by atoms with E-state index in [0.717, 1.165) is 0 Å². The maximum absolute atomic E-state index is 12.9. The molecule has 7 heteroatoms. The predicted molar refractivity (Wildman–Crippen MR) is 103 cm³/mol. The van der Waals surface area contributed by atoms with E-state index < -0.39 is 12.1 Å². The van der Waals surface area contributed by atoms with Crippen LogP contribution in [0.5, 0.6) is 0 Å². The third-order valence-electron chi connectivity index (χ3n) is 3.76. The van der Waals surface area contributed by atoms with E-state index in [2.05, 4.69) is 10.6 Å². The number of carboxylic acids is 1. The highest BCUT2D eigenvalue weighted by molar-refractivity contribution is 7.12. The van der Waals surface area contributed by atoms with Crippen LogP contribution in [-0.2, 0) is 0 Å². The summed E-state index contributed by atoms with van der Waals surface area (Å²) in [4.78, 5) is 37.0. The monoisotopic (exact) mass is 380 g/mol. The van der Waals surface area contributed by atoms with Crippen LogP contribution in [-0.4, -0.2) is 28.9 Å². The molecule has 0 bridgehead atoms. The largest absolute Gasteiger partial charge is 0.478 e. The molecule has 0 saturated carbocycles. The second-order valence-electron chi connectivity index (χ2n) is 5.64. The lowest BCUT2D eigenvalue weighted by Gasteiger charge is -2.20. The predicted octanol–water partition coefficient (Wildman–Crippen LogP) is 3.50. The van der Waals surface area contributed by atoms with Crippen LogP contribution in [0.25, 0.3) is 0 Å². The highest BCUT2D eigenvalue weighted by Gasteiger charge is 2.23. The van der Waals surface area contributed by atoms with Crippen LogP contribution in [0.3, 0.4) is 0 Å². The Bertz CT molecular complexity index is 955. The first-order chi connectivity index (χ1) is 13.0. The van der Waals surface area contributed by atoms with Crippen LogP contribution in [0, 0.1) is 0 Å². The van der Waals surface area contributed by atoms with E-state index in [0.29, 0.717) is 16.1 Å². The number of benzene rings is 2. The van der Waals surface area contributed by atoms with Crippen molar-refractivity contribution in [1.82, 2.24) is 5.32 Å². The minimum atomic E-state index is -1.08. The second kappa shape index (κ2) is 8.29. The highest BCUT2D eigenvalue weighted by atomic mass is 32.1. The zero-order valence-electron chi connectivity index (χ0n) is 14.1. The summed E-state index contributed by atoms with van der Waals surface area (Å²) in [5, 5.41) is 16.5. The maximum Gasteiger partial charge on any atom is 0.335 e. The first-order valence-electron chi connectivity index (χ1n) is 8.08. The smallest absolute Gasteiger partial charge is 0.335 e. The lowest BCUT2D eigenvalue weighted by atomic mass is 10.1. The SMILES string of the molecule is O=C(O)c1cccc(N[C@@H](NC(=O)c2cccs2)C(=O)c2ccccc2)c1. The molecule has 27 heavy (non-hydrogen) atoms. The Morgan fingerprint density at radius 3 is 2.30 bits per heavy atom. The Kier molecular flexibility index (Phi) is 5.63. The van der Waals surface area contributed by atoms with Crippen LogP contribution in [0.4, 0.5) is 5.69 Å². The Morgan fingerprint density at radius 2 is 1.63 bits per heavy atom. The fourth-order valence-electron chi connectivity index (χ4n) is 2.45. The Balaban J connectivity index is 1.87. The van der Waals surface area contributed by atoms with Crippen LogP contribution in [0.2, 0.25) is 0 Å². The van der Waals surface area contributed by atoms with Crippen molar-refractivity contribution in [1.29, 1.82) is 0 Å². The van der Waals surface area contributed by atoms with Gasteiger partial charge in [-0.05, 0) is 29.6 Å². The average Bonchev–Trinajstić information content (AvgIpc) is 3.23. The van der Waals surface area contributed by atoms with Crippen LogP contribution in [0.1, 0.15) is 30.4 Å². The molecule has 136 valence electrons. The topological polar surface area (TPSA) is 95.5 Å². The zero-order valence-corrected chi connectivity index (χ0v) is 14.9. The molecule has 2 aromatic carbocycles. The van der Waals surface area contributed by atoms with Crippen molar-refractivity contribution in [3.05, 3.63) is 88.1 Å². The summed E-state index contributed by atoms with van der Waals surface area (Å²) in [6, 6.07) is 18.0. The first kappa shape index (κ1) is 18.3. The van der Waals surface area contributed by atoms with Gasteiger partial charge in [0.25, 0.3) is 5.91 Å². The molecule has 0 aliphatic heterocycles. The number of aromatic carboxylic acids is 1. The lowest BCUT2D eigenvalue weighted by molar-refractivity contribution is 0.0696. The van der Waals surface area contributed by atoms with Crippen molar-refractivity contribution in [3.8, 4) is 0 Å². The van der Waals surface area contributed by atoms with Gasteiger partial charge in [0, 0.05) is 11.3 Å². The number of hydrogen-bond donors (Lipinski definition) is 3. The fourth-order valence-corrected chi connectivity index (χ4v) is 3.08. The number of rotatable bonds is 7. The molecule has 0 fully saturated rings. The van der Waals surface area contributed by atoms with Gasteiger partial charge >= 0.3 is 5.97 Å². The summed E-state index contributed by atoms with van der Waals surface area (Å²) in [6.07, 6.45) is -1.05. The van der Waals surface area contributed by atoms with E-state index in [1.807, 2.05) is 0 Å². The van der Waals surface area contributed by atoms with E-state index in [9.17, 15) is 14.4 Å². The molecule has 0 unspecified atom stereocenters. The average molecular weight is 380 g/mol. The van der Waals surface area contributed by atoms with Crippen molar-refractivity contribution in [2.45, 2.75) is 6.17 Å². The number of thiophene rings is 1. The maximum atomic E-state index is 12.9. The molecule has 3 N–H and O–H groups in total. The van der Waals surface area contributed by atoms with Gasteiger partial charge in [-0.2, -0.15) is 0 Å². The molecule has 3 rings (SSSR count). The summed E-state index contributed by atoms with van der Waals surface area (Å²) in [6.45, 7) is 0. The minimum Gasteiger partial charge on any atom is -0.478 e. The molecular formula is C20H16N2O4S. The van der Waals surface area contributed by atoms with E-state index in [-0.39, 0.29) is 17.3 Å². The molecule has 0 radical (unpaired) electrons. The van der Waals surface area contributed by atoms with Crippen LogP contribution >= 0.6 is 11.3 Å². The summed E-state index contributed by atoms with van der Waals surface area (Å²) >= 11 is 1.26. The van der Waals surface area contributed by atoms with Gasteiger partial charge in [-0.25, -0.2) is 4.79 Å². The Labute approximate surface area is 159 Å². The standard InChI is InChI=1S/C20H16N2O4S/c23-17(13-6-2-1-3-7-13)18(22-19(24)16-10-5-11-27-16)21-15-9-4-8-14(12-15)20(25)26/h1-12,18,21H,(H,22,24)(H,25,26)/t18-/m0/s1. The number of ketones is 1. The van der Waals surface area contributed by atoms with Gasteiger partial charge in [0.05, 0.1) is 10.4 Å².